The first-order chi connectivity index (χ1) is 44.2. The lowest BCUT2D eigenvalue weighted by Gasteiger charge is -2.14. The second kappa shape index (κ2) is 27.5. The van der Waals surface area contributed by atoms with Crippen molar-refractivity contribution in [1.82, 2.24) is 4.57 Å². The van der Waals surface area contributed by atoms with Crippen LogP contribution in [0.15, 0.2) is 311 Å². The van der Waals surface area contributed by atoms with Crippen molar-refractivity contribution in [3.8, 4) is 44.8 Å². The quantitative estimate of drug-likeness (QED) is 0.114. The molecule has 4 aromatic heterocycles. The molecule has 17 rings (SSSR count). The molecular weight excluding hydrogens is 1360 g/mol. The molecule has 0 saturated heterocycles. The molecule has 5 nitrogen and oxygen atoms in total. The highest BCUT2D eigenvalue weighted by Gasteiger charge is 2.18. The van der Waals surface area contributed by atoms with Gasteiger partial charge in [-0.2, -0.15) is 0 Å². The third kappa shape index (κ3) is 12.3. The van der Waals surface area contributed by atoms with E-state index in [1.165, 1.54) is 111 Å². The summed E-state index contributed by atoms with van der Waals surface area (Å²) in [6, 6.07) is 103. The number of nitrogen functional groups attached to an aromatic ring is 2. The molecule has 0 atom stereocenters. The molecule has 435 valence electrons. The molecule has 0 bridgehead atoms. The largest absolute Gasteiger partial charge is 0.569 e. The molecule has 0 unspecified atom stereocenters. The second-order valence-electron chi connectivity index (χ2n) is 21.0. The Morgan fingerprint density at radius 2 is 0.644 bits per heavy atom. The first-order valence-electron chi connectivity index (χ1n) is 29.0. The van der Waals surface area contributed by atoms with E-state index in [0.717, 1.165) is 42.7 Å². The van der Waals surface area contributed by atoms with Gasteiger partial charge in [0.2, 0.25) is 0 Å². The van der Waals surface area contributed by atoms with Gasteiger partial charge in [0.1, 0.15) is 5.75 Å². The van der Waals surface area contributed by atoms with Gasteiger partial charge in [-0.15, -0.1) is 34.0 Å². The second-order valence-corrected chi connectivity index (χ2v) is 26.7. The molecule has 4 heterocycles. The number of anilines is 2. The standard InChI is InChI=1S/C30H19NS.C18H13NS.C12H8BO2S.C12H8Br2.C6H6BrN/c1-5-16-26-20(10-1)21-11-2-6-17-27(21)31(26)28-18-7-3-12-22(28)24-14-9-15-25-23-13-4-8-19-29(23)32-30(24)25;19-16-10-3-1-6-12(16)14-8-5-9-15-13-7-2-4-11-17(13)20-18(14)15;14-13-15-10-6-3-5-9-8-4-1-2-7-11(8)16-12(9)10;13-11-7-3-1-5-9(11)10-6-2-4-8-12(10)14;7-5-3-1-2-4-6(5)8/h1-19H;1-11H,19H2;1-7,14H;1-8H;1-4H,8H2. The topological polar surface area (TPSA) is 86.4 Å². The van der Waals surface area contributed by atoms with Crippen LogP contribution in [0.5, 0.6) is 5.75 Å². The molecule has 12 heteroatoms. The number of rotatable bonds is 6. The lowest BCUT2D eigenvalue weighted by molar-refractivity contribution is 0.457. The summed E-state index contributed by atoms with van der Waals surface area (Å²) in [5, 5.41) is 19.0. The smallest absolute Gasteiger partial charge is 0.536 e. The fraction of sp³-hybridized carbons (Fsp3) is 0. The van der Waals surface area contributed by atoms with E-state index < -0.39 is 0 Å². The summed E-state index contributed by atoms with van der Waals surface area (Å²) < 4.78 is 18.3. The third-order valence-corrected chi connectivity index (χ3v) is 21.3. The van der Waals surface area contributed by atoms with Crippen LogP contribution in [-0.2, 0) is 0 Å². The molecule has 17 aromatic rings. The van der Waals surface area contributed by atoms with Crippen LogP contribution in [0.4, 0.5) is 11.4 Å². The minimum absolute atomic E-state index is 0.696. The molecule has 5 N–H and O–H groups in total. The highest BCUT2D eigenvalue weighted by molar-refractivity contribution is 9.11. The summed E-state index contributed by atoms with van der Waals surface area (Å²) in [6.07, 6.45) is 0. The van der Waals surface area contributed by atoms with Crippen LogP contribution in [0.1, 0.15) is 0 Å². The minimum Gasteiger partial charge on any atom is -0.536 e. The number of benzene rings is 13. The summed E-state index contributed by atoms with van der Waals surface area (Å²) in [4.78, 5) is 0. The Morgan fingerprint density at radius 1 is 0.300 bits per heavy atom. The normalized spacial score (nSPS) is 11.0. The third-order valence-electron chi connectivity index (χ3n) is 15.6. The summed E-state index contributed by atoms with van der Waals surface area (Å²) in [5.74, 6) is 0.696. The van der Waals surface area contributed by atoms with Gasteiger partial charge in [-0.1, -0.05) is 256 Å². The van der Waals surface area contributed by atoms with Gasteiger partial charge in [0.15, 0.2) is 0 Å². The molecule has 0 spiro atoms. The van der Waals surface area contributed by atoms with Crippen molar-refractivity contribution in [2.45, 2.75) is 0 Å². The number of hydrogen-bond acceptors (Lipinski definition) is 7. The summed E-state index contributed by atoms with van der Waals surface area (Å²) in [7, 11) is 0.721. The van der Waals surface area contributed by atoms with Crippen molar-refractivity contribution >= 4 is 183 Å². The molecule has 90 heavy (non-hydrogen) atoms. The molecule has 0 amide bonds. The van der Waals surface area contributed by atoms with Crippen LogP contribution in [-0.4, -0.2) is 17.3 Å². The Kier molecular flexibility index (Phi) is 18.4. The van der Waals surface area contributed by atoms with E-state index in [-0.39, 0.29) is 0 Å². The van der Waals surface area contributed by atoms with Crippen molar-refractivity contribution in [2.24, 2.45) is 0 Å². The molecule has 0 saturated carbocycles. The number of nitrogens with zero attached hydrogens (tertiary/aromatic N) is 1. The Bertz CT molecular complexity index is 5290. The molecule has 0 aliphatic carbocycles. The number of halogens is 3. The van der Waals surface area contributed by atoms with Crippen molar-refractivity contribution in [3.63, 3.8) is 0 Å². The number of aromatic nitrogens is 1. The van der Waals surface area contributed by atoms with Gasteiger partial charge in [0.25, 0.3) is 0 Å². The van der Waals surface area contributed by atoms with Gasteiger partial charge in [-0.25, -0.2) is 0 Å². The molecule has 0 aliphatic rings. The van der Waals surface area contributed by atoms with E-state index in [2.05, 4.69) is 259 Å². The number of fused-ring (bicyclic) bond motifs is 12. The summed E-state index contributed by atoms with van der Waals surface area (Å²) in [5.41, 5.74) is 24.2. The van der Waals surface area contributed by atoms with Crippen molar-refractivity contribution in [2.75, 3.05) is 11.5 Å². The first kappa shape index (κ1) is 60.1. The maximum Gasteiger partial charge on any atom is 0.569 e. The number of nitrogens with two attached hydrogens (primary N) is 2. The lowest BCUT2D eigenvalue weighted by Crippen LogP contribution is -1.99. The van der Waals surface area contributed by atoms with E-state index in [1.807, 2.05) is 114 Å². The average Bonchev–Trinajstić information content (AvgIpc) is 1.68. The predicted octanol–water partition coefficient (Wildman–Crippen LogP) is 24.0. The number of hydrogen-bond donors (Lipinski definition) is 3. The highest BCUT2D eigenvalue weighted by Crippen LogP contribution is 2.45. The predicted molar refractivity (Wildman–Crippen MR) is 402 cm³/mol. The Labute approximate surface area is 559 Å². The Balaban J connectivity index is 0.000000111. The van der Waals surface area contributed by atoms with Crippen LogP contribution < -0.4 is 16.1 Å². The van der Waals surface area contributed by atoms with E-state index in [0.29, 0.717) is 5.75 Å². The number of thiophene rings is 3. The van der Waals surface area contributed by atoms with Gasteiger partial charge in [-0.3, -0.25) is 0 Å². The Morgan fingerprint density at radius 3 is 1.11 bits per heavy atom. The maximum absolute atomic E-state index is 8.71. The van der Waals surface area contributed by atoms with Crippen LogP contribution in [0.3, 0.4) is 0 Å². The molecule has 13 aromatic carbocycles. The highest BCUT2D eigenvalue weighted by atomic mass is 79.9. The first-order valence-corrected chi connectivity index (χ1v) is 33.8. The zero-order valence-electron chi connectivity index (χ0n) is 48.2. The molecule has 1 radical (unpaired) electrons. The summed E-state index contributed by atoms with van der Waals surface area (Å²) >= 11 is 15.8. The molecule has 0 aliphatic heterocycles. The van der Waals surface area contributed by atoms with E-state index in [1.54, 1.807) is 11.3 Å². The van der Waals surface area contributed by atoms with Gasteiger partial charge in [-0.05, 0) is 99.9 Å². The fourth-order valence-corrected chi connectivity index (χ4v) is 16.3. The zero-order chi connectivity index (χ0) is 61.5. The van der Waals surface area contributed by atoms with Gasteiger partial charge >= 0.3 is 7.69 Å². The maximum atomic E-state index is 8.71. The van der Waals surface area contributed by atoms with Crippen LogP contribution in [0.2, 0.25) is 0 Å². The SMILES string of the molecule is Brc1ccccc1-c1ccccc1Br.Nc1ccccc1-c1cccc2c1sc1ccccc12.Nc1ccccc1Br.O[B]Oc1cccc2c1sc1ccccc12.c1ccc(-n2c3ccccc3c3ccccc32)c(-c2cccc3c2sc2ccccc23)c1. The average molecular weight is 1410 g/mol. The Hall–Kier alpha value is -8.82. The monoisotopic (exact) mass is 1410 g/mol. The van der Waals surface area contributed by atoms with Gasteiger partial charge < -0.3 is 25.7 Å². The van der Waals surface area contributed by atoms with Crippen molar-refractivity contribution < 1.29 is 9.68 Å². The fourth-order valence-electron chi connectivity index (χ4n) is 11.4. The summed E-state index contributed by atoms with van der Waals surface area (Å²) in [6.45, 7) is 0. The minimum atomic E-state index is 0.696. The van der Waals surface area contributed by atoms with Crippen LogP contribution >= 0.6 is 81.8 Å². The van der Waals surface area contributed by atoms with Crippen LogP contribution in [0, 0.1) is 0 Å². The van der Waals surface area contributed by atoms with E-state index in [4.69, 9.17) is 21.1 Å². The van der Waals surface area contributed by atoms with Crippen molar-refractivity contribution in [1.29, 1.82) is 0 Å². The van der Waals surface area contributed by atoms with Crippen molar-refractivity contribution in [3.05, 3.63) is 311 Å². The van der Waals surface area contributed by atoms with Crippen LogP contribution in [0.25, 0.3) is 121 Å². The molecule has 0 fully saturated rings. The van der Waals surface area contributed by atoms with Gasteiger partial charge in [0.05, 0.1) is 21.4 Å². The molecular formula is C78H54BBr3N3O2S3. The lowest BCUT2D eigenvalue weighted by atomic mass is 10.0. The van der Waals surface area contributed by atoms with E-state index in [9.17, 15) is 0 Å². The van der Waals surface area contributed by atoms with E-state index >= 15 is 0 Å². The van der Waals surface area contributed by atoms with Gasteiger partial charge in [0, 0.05) is 114 Å². The zero-order valence-corrected chi connectivity index (χ0v) is 55.4. The number of para-hydroxylation sites is 5.